The normalized spacial score (nSPS) is 25.9. The number of hydrogen-bond donors (Lipinski definition) is 0. The van der Waals surface area contributed by atoms with Gasteiger partial charge < -0.3 is 0 Å². The minimum absolute atomic E-state index is 0.194. The summed E-state index contributed by atoms with van der Waals surface area (Å²) in [5.74, 6) is 0. The smallest absolute Gasteiger partial charge is 0.0605 e. The van der Waals surface area contributed by atoms with E-state index in [1.54, 1.807) is 5.01 Å². The van der Waals surface area contributed by atoms with E-state index >= 15 is 0 Å². The molecule has 1 aromatic rings. The maximum atomic E-state index is 10.7. The molecule has 1 heterocycles. The van der Waals surface area contributed by atoms with E-state index in [1.165, 1.54) is 5.56 Å². The summed E-state index contributed by atoms with van der Waals surface area (Å²) in [5, 5.41) is 4.78. The first-order valence-corrected chi connectivity index (χ1v) is 6.08. The van der Waals surface area contributed by atoms with Crippen molar-refractivity contribution in [1.82, 2.24) is 9.91 Å². The zero-order valence-electron chi connectivity index (χ0n) is 10.4. The molecule has 2 unspecified atom stereocenters. The summed E-state index contributed by atoms with van der Waals surface area (Å²) in [6.07, 6.45) is 0. The van der Waals surface area contributed by atoms with E-state index < -0.39 is 0 Å². The Bertz CT molecular complexity index is 356. The number of nitroso groups, excluding NO2 is 1. The van der Waals surface area contributed by atoms with Crippen LogP contribution in [0, 0.1) is 4.91 Å². The molecule has 4 heteroatoms. The highest BCUT2D eigenvalue weighted by molar-refractivity contribution is 5.14. The lowest BCUT2D eigenvalue weighted by molar-refractivity contribution is 0.0356. The van der Waals surface area contributed by atoms with Crippen LogP contribution in [0.5, 0.6) is 0 Å². The third kappa shape index (κ3) is 2.82. The van der Waals surface area contributed by atoms with Gasteiger partial charge in [0.05, 0.1) is 17.4 Å². The molecule has 2 atom stereocenters. The lowest BCUT2D eigenvalue weighted by atomic mass is 10.1. The first kappa shape index (κ1) is 12.0. The Kier molecular flexibility index (Phi) is 3.74. The molecule has 2 rings (SSSR count). The van der Waals surface area contributed by atoms with E-state index in [4.69, 9.17) is 0 Å². The third-order valence-electron chi connectivity index (χ3n) is 3.29. The van der Waals surface area contributed by atoms with Gasteiger partial charge in [-0.05, 0) is 19.4 Å². The summed E-state index contributed by atoms with van der Waals surface area (Å²) < 4.78 is 0. The molecule has 0 saturated carbocycles. The number of rotatable bonds is 3. The molecule has 0 N–H and O–H groups in total. The Morgan fingerprint density at radius 1 is 1.18 bits per heavy atom. The van der Waals surface area contributed by atoms with Gasteiger partial charge in [-0.1, -0.05) is 30.3 Å². The summed E-state index contributed by atoms with van der Waals surface area (Å²) in [4.78, 5) is 13.1. The van der Waals surface area contributed by atoms with Gasteiger partial charge in [0.2, 0.25) is 0 Å². The van der Waals surface area contributed by atoms with Crippen LogP contribution in [0.25, 0.3) is 0 Å². The van der Waals surface area contributed by atoms with Gasteiger partial charge in [-0.3, -0.25) is 9.91 Å². The van der Waals surface area contributed by atoms with Crippen LogP contribution < -0.4 is 0 Å². The fourth-order valence-corrected chi connectivity index (χ4v) is 2.56. The molecular formula is C13H19N3O. The quantitative estimate of drug-likeness (QED) is 0.751. The lowest BCUT2D eigenvalue weighted by Gasteiger charge is -2.40. The Morgan fingerprint density at radius 2 is 1.76 bits per heavy atom. The molecule has 0 amide bonds. The highest BCUT2D eigenvalue weighted by atomic mass is 16.3. The van der Waals surface area contributed by atoms with Gasteiger partial charge in [0.25, 0.3) is 0 Å². The fourth-order valence-electron chi connectivity index (χ4n) is 2.56. The Morgan fingerprint density at radius 3 is 2.29 bits per heavy atom. The van der Waals surface area contributed by atoms with Gasteiger partial charge in [-0.15, -0.1) is 4.91 Å². The van der Waals surface area contributed by atoms with Crippen LogP contribution in [-0.4, -0.2) is 35.1 Å². The van der Waals surface area contributed by atoms with Crippen LogP contribution in [0.1, 0.15) is 19.4 Å². The Balaban J connectivity index is 1.98. The number of nitrogens with zero attached hydrogens (tertiary/aromatic N) is 3. The molecule has 0 bridgehead atoms. The van der Waals surface area contributed by atoms with Crippen LogP contribution in [-0.2, 0) is 6.54 Å². The summed E-state index contributed by atoms with van der Waals surface area (Å²) in [6, 6.07) is 10.8. The second-order valence-corrected chi connectivity index (χ2v) is 4.84. The van der Waals surface area contributed by atoms with Crippen molar-refractivity contribution in [2.45, 2.75) is 32.5 Å². The van der Waals surface area contributed by atoms with Crippen molar-refractivity contribution in [3.8, 4) is 0 Å². The largest absolute Gasteiger partial charge is 0.295 e. The molecule has 1 aliphatic heterocycles. The molecule has 4 nitrogen and oxygen atoms in total. The van der Waals surface area contributed by atoms with Crippen LogP contribution >= 0.6 is 0 Å². The van der Waals surface area contributed by atoms with E-state index in [-0.39, 0.29) is 12.1 Å². The number of benzene rings is 1. The first-order valence-electron chi connectivity index (χ1n) is 6.08. The molecule has 0 radical (unpaired) electrons. The second kappa shape index (κ2) is 5.27. The molecule has 92 valence electrons. The number of hydrogen-bond acceptors (Lipinski definition) is 3. The molecule has 0 spiro atoms. The van der Waals surface area contributed by atoms with Gasteiger partial charge in [-0.25, -0.2) is 0 Å². The number of piperazine rings is 1. The second-order valence-electron chi connectivity index (χ2n) is 4.84. The minimum atomic E-state index is 0.194. The molecule has 0 aromatic heterocycles. The Labute approximate surface area is 102 Å². The van der Waals surface area contributed by atoms with Gasteiger partial charge in [-0.2, -0.15) is 0 Å². The minimum Gasteiger partial charge on any atom is -0.295 e. The van der Waals surface area contributed by atoms with Crippen molar-refractivity contribution in [1.29, 1.82) is 0 Å². The molecule has 1 fully saturated rings. The van der Waals surface area contributed by atoms with E-state index in [0.717, 1.165) is 19.6 Å². The molecule has 17 heavy (non-hydrogen) atoms. The van der Waals surface area contributed by atoms with E-state index in [2.05, 4.69) is 48.3 Å². The standard InChI is InChI=1S/C13H19N3O/c1-11-8-15(9-12(2)16(11)14-17)10-13-6-4-3-5-7-13/h3-7,11-12H,8-10H2,1-2H3. The maximum absolute atomic E-state index is 10.7. The zero-order valence-corrected chi connectivity index (χ0v) is 10.4. The van der Waals surface area contributed by atoms with Crippen LogP contribution in [0.2, 0.25) is 0 Å². The van der Waals surface area contributed by atoms with Gasteiger partial charge in [0.15, 0.2) is 0 Å². The highest BCUT2D eigenvalue weighted by Crippen LogP contribution is 2.17. The molecule has 1 aromatic carbocycles. The van der Waals surface area contributed by atoms with Gasteiger partial charge in [0, 0.05) is 19.6 Å². The topological polar surface area (TPSA) is 35.9 Å². The molecular weight excluding hydrogens is 214 g/mol. The van der Waals surface area contributed by atoms with Crippen molar-refractivity contribution in [2.75, 3.05) is 13.1 Å². The van der Waals surface area contributed by atoms with Crippen LogP contribution in [0.15, 0.2) is 35.6 Å². The van der Waals surface area contributed by atoms with Gasteiger partial charge in [0.1, 0.15) is 0 Å². The summed E-state index contributed by atoms with van der Waals surface area (Å²) in [5.41, 5.74) is 1.32. The van der Waals surface area contributed by atoms with Crippen molar-refractivity contribution < 1.29 is 0 Å². The average Bonchev–Trinajstić information content (AvgIpc) is 2.30. The third-order valence-corrected chi connectivity index (χ3v) is 3.29. The highest BCUT2D eigenvalue weighted by Gasteiger charge is 2.29. The first-order chi connectivity index (χ1) is 8.20. The molecule has 1 aliphatic rings. The SMILES string of the molecule is CC1CN(Cc2ccccc2)CC(C)N1N=O. The Hall–Kier alpha value is -1.42. The van der Waals surface area contributed by atoms with Crippen LogP contribution in [0.3, 0.4) is 0 Å². The van der Waals surface area contributed by atoms with Crippen molar-refractivity contribution in [2.24, 2.45) is 5.29 Å². The predicted octanol–water partition coefficient (Wildman–Crippen LogP) is 2.26. The van der Waals surface area contributed by atoms with Crippen molar-refractivity contribution >= 4 is 0 Å². The van der Waals surface area contributed by atoms with E-state index in [1.807, 2.05) is 6.07 Å². The summed E-state index contributed by atoms with van der Waals surface area (Å²) >= 11 is 0. The summed E-state index contributed by atoms with van der Waals surface area (Å²) in [6.45, 7) is 6.84. The summed E-state index contributed by atoms with van der Waals surface area (Å²) in [7, 11) is 0. The van der Waals surface area contributed by atoms with Crippen LogP contribution in [0.4, 0.5) is 0 Å². The molecule has 0 aliphatic carbocycles. The average molecular weight is 233 g/mol. The van der Waals surface area contributed by atoms with Gasteiger partial charge >= 0.3 is 0 Å². The van der Waals surface area contributed by atoms with Crippen molar-refractivity contribution in [3.05, 3.63) is 40.8 Å². The van der Waals surface area contributed by atoms with E-state index in [0.29, 0.717) is 0 Å². The molecule has 1 saturated heterocycles. The zero-order chi connectivity index (χ0) is 12.3. The maximum Gasteiger partial charge on any atom is 0.0605 e. The van der Waals surface area contributed by atoms with Crippen molar-refractivity contribution in [3.63, 3.8) is 0 Å². The monoisotopic (exact) mass is 233 g/mol. The predicted molar refractivity (Wildman–Crippen MR) is 68.3 cm³/mol. The van der Waals surface area contributed by atoms with E-state index in [9.17, 15) is 4.91 Å². The fraction of sp³-hybridized carbons (Fsp3) is 0.538. The lowest BCUT2D eigenvalue weighted by Crippen LogP contribution is -2.53.